The largest absolute Gasteiger partial charge is 0.399 e. The summed E-state index contributed by atoms with van der Waals surface area (Å²) >= 11 is 1.57. The van der Waals surface area contributed by atoms with Crippen LogP contribution in [0.25, 0.3) is 0 Å². The number of nitrogens with two attached hydrogens (primary N) is 1. The van der Waals surface area contributed by atoms with Crippen molar-refractivity contribution in [1.82, 2.24) is 0 Å². The Morgan fingerprint density at radius 2 is 1.67 bits per heavy atom. The highest BCUT2D eigenvalue weighted by Gasteiger charge is 1.86. The summed E-state index contributed by atoms with van der Waals surface area (Å²) in [5, 5.41) is 0. The van der Waals surface area contributed by atoms with Gasteiger partial charge in [0.05, 0.1) is 0 Å². The highest BCUT2D eigenvalue weighted by molar-refractivity contribution is 7.99. The monoisotopic (exact) mass is 226 g/mol. The second kappa shape index (κ2) is 7.40. The van der Waals surface area contributed by atoms with E-state index in [-0.39, 0.29) is 24.8 Å². The van der Waals surface area contributed by atoms with Crippen LogP contribution in [0, 0.1) is 0 Å². The second-order valence-corrected chi connectivity index (χ2v) is 2.54. The van der Waals surface area contributed by atoms with Gasteiger partial charge in [-0.1, -0.05) is 11.9 Å². The molecule has 3 N–H and O–H groups in total. The molecule has 1 aromatic carbocycles. The molecule has 0 heterocycles. The molecule has 0 aromatic heterocycles. The number of benzene rings is 1. The lowest BCUT2D eigenvalue weighted by Crippen LogP contribution is -1.86. The van der Waals surface area contributed by atoms with Gasteiger partial charge in [-0.25, -0.2) is 0 Å². The molecule has 0 saturated heterocycles. The van der Waals surface area contributed by atoms with Crippen molar-refractivity contribution < 1.29 is 0 Å². The van der Waals surface area contributed by atoms with Crippen LogP contribution in [0.15, 0.2) is 24.3 Å². The minimum atomic E-state index is 0. The lowest BCUT2D eigenvalue weighted by atomic mass is 10.3. The fourth-order valence-corrected chi connectivity index (χ4v) is 1.04. The molecular weight excluding hydrogens is 215 g/mol. The minimum absolute atomic E-state index is 0. The maximum Gasteiger partial charge on any atom is 0.0441 e. The molecular formula is C7H12Cl2N2S. The number of halogens is 2. The molecule has 1 rings (SSSR count). The number of anilines is 2. The van der Waals surface area contributed by atoms with Gasteiger partial charge >= 0.3 is 0 Å². The summed E-state index contributed by atoms with van der Waals surface area (Å²) in [7, 11) is 0. The number of nitrogens with one attached hydrogen (secondary N) is 1. The van der Waals surface area contributed by atoms with E-state index >= 15 is 0 Å². The van der Waals surface area contributed by atoms with Crippen LogP contribution >= 0.6 is 36.8 Å². The number of nitrogen functional groups attached to an aromatic ring is 1. The van der Waals surface area contributed by atoms with Crippen molar-refractivity contribution in [2.45, 2.75) is 0 Å². The third kappa shape index (κ3) is 4.59. The Balaban J connectivity index is 0. The summed E-state index contributed by atoms with van der Waals surface area (Å²) in [6, 6.07) is 7.65. The summed E-state index contributed by atoms with van der Waals surface area (Å²) in [5.41, 5.74) is 7.37. The molecule has 0 fully saturated rings. The fraction of sp³-hybridized carbons (Fsp3) is 0.143. The van der Waals surface area contributed by atoms with Crippen molar-refractivity contribution in [3.05, 3.63) is 24.3 Å². The standard InChI is InChI=1S/C7H10N2S.2ClH/c1-10-9-7-4-2-6(8)3-5-7;;/h2-5,9H,8H2,1H3;2*1H. The first-order chi connectivity index (χ1) is 4.83. The summed E-state index contributed by atoms with van der Waals surface area (Å²) in [5.74, 6) is 0. The van der Waals surface area contributed by atoms with Gasteiger partial charge in [-0.05, 0) is 24.3 Å². The molecule has 0 aliphatic carbocycles. The van der Waals surface area contributed by atoms with Gasteiger partial charge in [0.2, 0.25) is 0 Å². The lowest BCUT2D eigenvalue weighted by molar-refractivity contribution is 1.66. The Kier molecular flexibility index (Phi) is 8.81. The predicted octanol–water partition coefficient (Wildman–Crippen LogP) is 2.80. The maximum atomic E-state index is 5.49. The van der Waals surface area contributed by atoms with Gasteiger partial charge in [-0.3, -0.25) is 0 Å². The summed E-state index contributed by atoms with van der Waals surface area (Å²) in [6.07, 6.45) is 1.98. The quantitative estimate of drug-likeness (QED) is 0.602. The van der Waals surface area contributed by atoms with E-state index in [4.69, 9.17) is 5.73 Å². The molecule has 0 radical (unpaired) electrons. The van der Waals surface area contributed by atoms with Gasteiger partial charge in [0.15, 0.2) is 0 Å². The Labute approximate surface area is 89.3 Å². The van der Waals surface area contributed by atoms with Gasteiger partial charge in [0.25, 0.3) is 0 Å². The van der Waals surface area contributed by atoms with Gasteiger partial charge < -0.3 is 10.5 Å². The Bertz CT molecular complexity index is 203. The van der Waals surface area contributed by atoms with Gasteiger partial charge in [0.1, 0.15) is 0 Å². The number of rotatable bonds is 2. The highest BCUT2D eigenvalue weighted by atomic mass is 35.5. The van der Waals surface area contributed by atoms with Crippen LogP contribution < -0.4 is 10.5 Å². The maximum absolute atomic E-state index is 5.49. The first-order valence-electron chi connectivity index (χ1n) is 2.97. The molecule has 0 bridgehead atoms. The normalized spacial score (nSPS) is 7.75. The zero-order valence-corrected chi connectivity index (χ0v) is 9.06. The van der Waals surface area contributed by atoms with E-state index in [0.717, 1.165) is 11.4 Å². The molecule has 0 amide bonds. The average Bonchev–Trinajstić information content (AvgIpc) is 1.95. The van der Waals surface area contributed by atoms with E-state index in [0.29, 0.717) is 0 Å². The molecule has 70 valence electrons. The summed E-state index contributed by atoms with van der Waals surface area (Å²) in [6.45, 7) is 0. The molecule has 0 aliphatic heterocycles. The first-order valence-corrected chi connectivity index (χ1v) is 4.20. The second-order valence-electron chi connectivity index (χ2n) is 1.93. The van der Waals surface area contributed by atoms with E-state index in [1.165, 1.54) is 0 Å². The van der Waals surface area contributed by atoms with Crippen LogP contribution in [-0.2, 0) is 0 Å². The summed E-state index contributed by atoms with van der Waals surface area (Å²) < 4.78 is 3.10. The third-order valence-electron chi connectivity index (χ3n) is 1.13. The number of hydrogen-bond donors (Lipinski definition) is 2. The van der Waals surface area contributed by atoms with Crippen molar-refractivity contribution in [2.75, 3.05) is 16.7 Å². The molecule has 0 saturated carbocycles. The van der Waals surface area contributed by atoms with Crippen LogP contribution in [0.5, 0.6) is 0 Å². The van der Waals surface area contributed by atoms with Crippen LogP contribution in [0.4, 0.5) is 11.4 Å². The smallest absolute Gasteiger partial charge is 0.0441 e. The lowest BCUT2D eigenvalue weighted by Gasteiger charge is -2.00. The van der Waals surface area contributed by atoms with Crippen molar-refractivity contribution >= 4 is 48.1 Å². The topological polar surface area (TPSA) is 38.0 Å². The molecule has 0 spiro atoms. The molecule has 12 heavy (non-hydrogen) atoms. The van der Waals surface area contributed by atoms with Crippen molar-refractivity contribution in [2.24, 2.45) is 0 Å². The van der Waals surface area contributed by atoms with Crippen molar-refractivity contribution in [1.29, 1.82) is 0 Å². The Hall–Kier alpha value is -0.250. The molecule has 2 nitrogen and oxygen atoms in total. The van der Waals surface area contributed by atoms with Gasteiger partial charge in [-0.15, -0.1) is 24.8 Å². The van der Waals surface area contributed by atoms with Crippen LogP contribution in [0.3, 0.4) is 0 Å². The first kappa shape index (κ1) is 14.3. The van der Waals surface area contributed by atoms with Crippen molar-refractivity contribution in [3.63, 3.8) is 0 Å². The zero-order valence-electron chi connectivity index (χ0n) is 6.61. The molecule has 5 heteroatoms. The molecule has 0 aliphatic rings. The van der Waals surface area contributed by atoms with Crippen LogP contribution in [0.2, 0.25) is 0 Å². The fourth-order valence-electron chi connectivity index (χ4n) is 0.669. The van der Waals surface area contributed by atoms with E-state index in [9.17, 15) is 0 Å². The number of hydrogen-bond acceptors (Lipinski definition) is 3. The van der Waals surface area contributed by atoms with Gasteiger partial charge in [0, 0.05) is 17.6 Å². The SMILES string of the molecule is CSNc1ccc(N)cc1.Cl.Cl. The van der Waals surface area contributed by atoms with Crippen molar-refractivity contribution in [3.8, 4) is 0 Å². The zero-order chi connectivity index (χ0) is 7.40. The molecule has 1 aromatic rings. The Morgan fingerprint density at radius 1 is 1.17 bits per heavy atom. The van der Waals surface area contributed by atoms with E-state index < -0.39 is 0 Å². The van der Waals surface area contributed by atoms with E-state index in [2.05, 4.69) is 4.72 Å². The van der Waals surface area contributed by atoms with Crippen LogP contribution in [-0.4, -0.2) is 6.26 Å². The van der Waals surface area contributed by atoms with Crippen LogP contribution in [0.1, 0.15) is 0 Å². The molecule has 0 unspecified atom stereocenters. The van der Waals surface area contributed by atoms with E-state index in [1.807, 2.05) is 30.5 Å². The van der Waals surface area contributed by atoms with Gasteiger partial charge in [-0.2, -0.15) is 0 Å². The average molecular weight is 227 g/mol. The third-order valence-corrected chi connectivity index (χ3v) is 1.57. The molecule has 0 atom stereocenters. The van der Waals surface area contributed by atoms with E-state index in [1.54, 1.807) is 11.9 Å². The summed E-state index contributed by atoms with van der Waals surface area (Å²) in [4.78, 5) is 0. The minimum Gasteiger partial charge on any atom is -0.399 e. The predicted molar refractivity (Wildman–Crippen MR) is 62.5 cm³/mol. The highest BCUT2D eigenvalue weighted by Crippen LogP contribution is 2.12. The Morgan fingerprint density at radius 3 is 2.08 bits per heavy atom.